The summed E-state index contributed by atoms with van der Waals surface area (Å²) in [6.45, 7) is 3.46. The highest BCUT2D eigenvalue weighted by Gasteiger charge is 2.24. The van der Waals surface area contributed by atoms with Crippen molar-refractivity contribution in [3.05, 3.63) is 29.8 Å². The van der Waals surface area contributed by atoms with Crippen molar-refractivity contribution in [1.29, 1.82) is 0 Å². The maximum Gasteiger partial charge on any atom is 0.254 e. The Kier molecular flexibility index (Phi) is 5.98. The van der Waals surface area contributed by atoms with Crippen LogP contribution in [0.1, 0.15) is 23.7 Å². The molecule has 0 saturated carbocycles. The van der Waals surface area contributed by atoms with Gasteiger partial charge in [-0.1, -0.05) is 6.07 Å². The van der Waals surface area contributed by atoms with Gasteiger partial charge in [0, 0.05) is 56.7 Å². The summed E-state index contributed by atoms with van der Waals surface area (Å²) in [5.74, 6) is 0.0656. The highest BCUT2D eigenvalue weighted by atomic mass is 35.5. The summed E-state index contributed by atoms with van der Waals surface area (Å²) in [6, 6.07) is 6.85. The Hall–Kier alpha value is -2.08. The molecule has 0 aliphatic carbocycles. The molecule has 0 atom stereocenters. The first kappa shape index (κ1) is 17.3. The minimum Gasteiger partial charge on any atom is -0.339 e. The standard InChI is InChI=1S/C16H20ClN3O3/c1-12(21)18-14-4-2-3-13(11-14)16(23)20-9-7-19(8-10-20)15(22)5-6-17/h2-4,11H,5-10H2,1H3,(H,18,21). The molecule has 124 valence electrons. The first-order valence-corrected chi connectivity index (χ1v) is 8.05. The van der Waals surface area contributed by atoms with Gasteiger partial charge in [0.25, 0.3) is 5.91 Å². The number of rotatable bonds is 4. The Balaban J connectivity index is 1.97. The molecule has 0 aromatic heterocycles. The normalized spacial score (nSPS) is 14.5. The average molecular weight is 338 g/mol. The van der Waals surface area contributed by atoms with E-state index in [1.165, 1.54) is 6.92 Å². The van der Waals surface area contributed by atoms with Crippen molar-refractivity contribution in [2.75, 3.05) is 37.4 Å². The highest BCUT2D eigenvalue weighted by molar-refractivity contribution is 6.18. The summed E-state index contributed by atoms with van der Waals surface area (Å²) in [7, 11) is 0. The Morgan fingerprint density at radius 3 is 2.39 bits per heavy atom. The maximum atomic E-state index is 12.5. The second kappa shape index (κ2) is 7.97. The molecule has 1 fully saturated rings. The summed E-state index contributed by atoms with van der Waals surface area (Å²) < 4.78 is 0. The Labute approximate surface area is 140 Å². The van der Waals surface area contributed by atoms with Crippen molar-refractivity contribution < 1.29 is 14.4 Å². The Morgan fingerprint density at radius 1 is 1.13 bits per heavy atom. The van der Waals surface area contributed by atoms with Crippen LogP contribution < -0.4 is 5.32 Å². The van der Waals surface area contributed by atoms with E-state index in [1.807, 2.05) is 0 Å². The number of piperazine rings is 1. The zero-order chi connectivity index (χ0) is 16.8. The van der Waals surface area contributed by atoms with Gasteiger partial charge >= 0.3 is 0 Å². The predicted octanol–water partition coefficient (Wildman–Crippen LogP) is 1.56. The number of nitrogens with one attached hydrogen (secondary N) is 1. The van der Waals surface area contributed by atoms with E-state index in [1.54, 1.807) is 34.1 Å². The van der Waals surface area contributed by atoms with E-state index in [2.05, 4.69) is 5.32 Å². The van der Waals surface area contributed by atoms with Crippen molar-refractivity contribution >= 4 is 35.0 Å². The van der Waals surface area contributed by atoms with E-state index >= 15 is 0 Å². The van der Waals surface area contributed by atoms with Gasteiger partial charge in [-0.05, 0) is 18.2 Å². The molecule has 6 nitrogen and oxygen atoms in total. The number of benzene rings is 1. The fourth-order valence-electron chi connectivity index (χ4n) is 2.51. The van der Waals surface area contributed by atoms with E-state index in [-0.39, 0.29) is 17.7 Å². The largest absolute Gasteiger partial charge is 0.339 e. The first-order chi connectivity index (χ1) is 11.0. The van der Waals surface area contributed by atoms with E-state index in [9.17, 15) is 14.4 Å². The van der Waals surface area contributed by atoms with Crippen LogP contribution in [0.4, 0.5) is 5.69 Å². The van der Waals surface area contributed by atoms with E-state index in [4.69, 9.17) is 11.6 Å². The first-order valence-electron chi connectivity index (χ1n) is 7.52. The van der Waals surface area contributed by atoms with Crippen LogP contribution in [-0.2, 0) is 9.59 Å². The monoisotopic (exact) mass is 337 g/mol. The van der Waals surface area contributed by atoms with Gasteiger partial charge in [-0.2, -0.15) is 0 Å². The number of halogens is 1. The fourth-order valence-corrected chi connectivity index (χ4v) is 2.68. The number of carbonyl (C=O) groups excluding carboxylic acids is 3. The lowest BCUT2D eigenvalue weighted by atomic mass is 10.1. The van der Waals surface area contributed by atoms with Crippen LogP contribution in [0.2, 0.25) is 0 Å². The van der Waals surface area contributed by atoms with Crippen molar-refractivity contribution in [3.63, 3.8) is 0 Å². The average Bonchev–Trinajstić information content (AvgIpc) is 2.54. The molecule has 1 aliphatic rings. The molecular weight excluding hydrogens is 318 g/mol. The van der Waals surface area contributed by atoms with Gasteiger partial charge in [0.1, 0.15) is 0 Å². The molecule has 0 bridgehead atoms. The molecule has 7 heteroatoms. The van der Waals surface area contributed by atoms with Crippen LogP contribution in [0, 0.1) is 0 Å². The molecule has 1 aliphatic heterocycles. The second-order valence-corrected chi connectivity index (χ2v) is 5.75. The predicted molar refractivity (Wildman–Crippen MR) is 88.6 cm³/mol. The summed E-state index contributed by atoms with van der Waals surface area (Å²) in [4.78, 5) is 38.9. The summed E-state index contributed by atoms with van der Waals surface area (Å²) in [6.07, 6.45) is 0.328. The molecular formula is C16H20ClN3O3. The molecule has 23 heavy (non-hydrogen) atoms. The van der Waals surface area contributed by atoms with Crippen LogP contribution in [0.25, 0.3) is 0 Å². The van der Waals surface area contributed by atoms with Gasteiger partial charge in [0.2, 0.25) is 11.8 Å². The van der Waals surface area contributed by atoms with Gasteiger partial charge in [-0.15, -0.1) is 11.6 Å². The zero-order valence-electron chi connectivity index (χ0n) is 13.0. The number of hydrogen-bond donors (Lipinski definition) is 1. The molecule has 1 aromatic rings. The number of nitrogens with zero attached hydrogens (tertiary/aromatic N) is 2. The van der Waals surface area contributed by atoms with Crippen LogP contribution >= 0.6 is 11.6 Å². The van der Waals surface area contributed by atoms with Gasteiger partial charge < -0.3 is 15.1 Å². The van der Waals surface area contributed by atoms with E-state index in [0.29, 0.717) is 49.7 Å². The Bertz CT molecular complexity index is 598. The molecule has 0 unspecified atom stereocenters. The van der Waals surface area contributed by atoms with Gasteiger partial charge in [0.05, 0.1) is 0 Å². The minimum atomic E-state index is -0.180. The lowest BCUT2D eigenvalue weighted by molar-refractivity contribution is -0.132. The zero-order valence-corrected chi connectivity index (χ0v) is 13.8. The summed E-state index contributed by atoms with van der Waals surface area (Å²) in [5.41, 5.74) is 1.12. The van der Waals surface area contributed by atoms with Crippen LogP contribution in [-0.4, -0.2) is 59.6 Å². The molecule has 1 N–H and O–H groups in total. The van der Waals surface area contributed by atoms with E-state index in [0.717, 1.165) is 0 Å². The van der Waals surface area contributed by atoms with E-state index < -0.39 is 0 Å². The number of anilines is 1. The summed E-state index contributed by atoms with van der Waals surface area (Å²) >= 11 is 5.58. The van der Waals surface area contributed by atoms with Crippen LogP contribution in [0.5, 0.6) is 0 Å². The fraction of sp³-hybridized carbons (Fsp3) is 0.438. The van der Waals surface area contributed by atoms with Gasteiger partial charge in [0.15, 0.2) is 0 Å². The number of alkyl halides is 1. The SMILES string of the molecule is CC(=O)Nc1cccc(C(=O)N2CCN(C(=O)CCCl)CC2)c1. The molecule has 2 rings (SSSR count). The lowest BCUT2D eigenvalue weighted by Crippen LogP contribution is -2.50. The highest BCUT2D eigenvalue weighted by Crippen LogP contribution is 2.14. The smallest absolute Gasteiger partial charge is 0.254 e. The van der Waals surface area contributed by atoms with Crippen LogP contribution in [0.3, 0.4) is 0 Å². The molecule has 1 saturated heterocycles. The van der Waals surface area contributed by atoms with Gasteiger partial charge in [-0.3, -0.25) is 14.4 Å². The third kappa shape index (κ3) is 4.69. The molecule has 0 spiro atoms. The molecule has 3 amide bonds. The third-order valence-electron chi connectivity index (χ3n) is 3.66. The lowest BCUT2D eigenvalue weighted by Gasteiger charge is -2.34. The maximum absolute atomic E-state index is 12.5. The van der Waals surface area contributed by atoms with Crippen LogP contribution in [0.15, 0.2) is 24.3 Å². The van der Waals surface area contributed by atoms with Crippen molar-refractivity contribution in [1.82, 2.24) is 9.80 Å². The number of amides is 3. The number of hydrogen-bond acceptors (Lipinski definition) is 3. The topological polar surface area (TPSA) is 69.7 Å². The summed E-state index contributed by atoms with van der Waals surface area (Å²) in [5, 5.41) is 2.66. The molecule has 1 heterocycles. The minimum absolute atomic E-state index is 0.0276. The van der Waals surface area contributed by atoms with Crippen molar-refractivity contribution in [2.45, 2.75) is 13.3 Å². The van der Waals surface area contributed by atoms with Crippen molar-refractivity contribution in [2.24, 2.45) is 0 Å². The quantitative estimate of drug-likeness (QED) is 0.848. The van der Waals surface area contributed by atoms with Crippen molar-refractivity contribution in [3.8, 4) is 0 Å². The number of carbonyl (C=O) groups is 3. The second-order valence-electron chi connectivity index (χ2n) is 5.37. The Morgan fingerprint density at radius 2 is 1.78 bits per heavy atom. The molecule has 1 aromatic carbocycles. The third-order valence-corrected chi connectivity index (χ3v) is 3.85. The molecule has 0 radical (unpaired) electrons. The van der Waals surface area contributed by atoms with Gasteiger partial charge in [-0.25, -0.2) is 0 Å².